The van der Waals surface area contributed by atoms with Crippen LogP contribution in [0, 0.1) is 6.92 Å². The topological polar surface area (TPSA) is 27.7 Å². The Morgan fingerprint density at radius 2 is 1.65 bits per heavy atom. The number of methoxy groups -OCH3 is 1. The van der Waals surface area contributed by atoms with Crippen molar-refractivity contribution >= 4 is 7.12 Å². The molecule has 20 heavy (non-hydrogen) atoms. The third kappa shape index (κ3) is 2.59. The molecule has 1 atom stereocenters. The van der Waals surface area contributed by atoms with Crippen molar-refractivity contribution in [2.45, 2.75) is 58.6 Å². The van der Waals surface area contributed by atoms with E-state index in [1.807, 2.05) is 6.07 Å². The van der Waals surface area contributed by atoms with Crippen LogP contribution in [0.4, 0.5) is 0 Å². The van der Waals surface area contributed by atoms with Crippen LogP contribution in [0.25, 0.3) is 0 Å². The Morgan fingerprint density at radius 3 is 2.10 bits per heavy atom. The molecule has 0 aromatic heterocycles. The van der Waals surface area contributed by atoms with E-state index in [2.05, 4.69) is 53.7 Å². The maximum Gasteiger partial charge on any atom is 0.465 e. The molecule has 0 unspecified atom stereocenters. The largest absolute Gasteiger partial charge is 0.496 e. The Kier molecular flexibility index (Phi) is 3.91. The smallest absolute Gasteiger partial charge is 0.465 e. The molecule has 0 aliphatic carbocycles. The standard InChI is InChI=1S/C16H25BO3/c1-11-10-13(8-9-14(11)18-7)12(2)17-19-15(3,4)16(5,6)20-17/h8-10,12H,1-7H3/t12-/m1/s1. The van der Waals surface area contributed by atoms with Gasteiger partial charge >= 0.3 is 7.12 Å². The van der Waals surface area contributed by atoms with Crippen molar-refractivity contribution < 1.29 is 14.0 Å². The van der Waals surface area contributed by atoms with Crippen molar-refractivity contribution in [2.24, 2.45) is 0 Å². The molecule has 0 N–H and O–H groups in total. The highest BCUT2D eigenvalue weighted by Crippen LogP contribution is 2.41. The van der Waals surface area contributed by atoms with Crippen LogP contribution in [-0.4, -0.2) is 25.4 Å². The van der Waals surface area contributed by atoms with E-state index >= 15 is 0 Å². The number of hydrogen-bond donors (Lipinski definition) is 0. The number of rotatable bonds is 3. The summed E-state index contributed by atoms with van der Waals surface area (Å²) < 4.78 is 17.6. The van der Waals surface area contributed by atoms with Gasteiger partial charge < -0.3 is 14.0 Å². The van der Waals surface area contributed by atoms with Gasteiger partial charge in [0.05, 0.1) is 18.3 Å². The average molecular weight is 276 g/mol. The van der Waals surface area contributed by atoms with Gasteiger partial charge in [0.2, 0.25) is 0 Å². The molecular weight excluding hydrogens is 251 g/mol. The Balaban J connectivity index is 2.21. The SMILES string of the molecule is COc1ccc([C@@H](C)B2OC(C)(C)C(C)(C)O2)cc1C. The van der Waals surface area contributed by atoms with Crippen LogP contribution < -0.4 is 4.74 Å². The Morgan fingerprint density at radius 1 is 1.10 bits per heavy atom. The molecule has 110 valence electrons. The molecule has 1 aliphatic rings. The lowest BCUT2D eigenvalue weighted by molar-refractivity contribution is 0.00578. The highest BCUT2D eigenvalue weighted by Gasteiger charge is 2.53. The summed E-state index contributed by atoms with van der Waals surface area (Å²) in [7, 11) is 1.48. The Bertz CT molecular complexity index is 480. The number of benzene rings is 1. The van der Waals surface area contributed by atoms with Crippen molar-refractivity contribution in [3.8, 4) is 5.75 Å². The van der Waals surface area contributed by atoms with E-state index in [4.69, 9.17) is 14.0 Å². The molecule has 1 saturated heterocycles. The summed E-state index contributed by atoms with van der Waals surface area (Å²) in [6.07, 6.45) is 0. The maximum absolute atomic E-state index is 6.12. The Labute approximate surface area is 122 Å². The van der Waals surface area contributed by atoms with Gasteiger partial charge in [-0.05, 0) is 51.8 Å². The molecule has 1 aromatic carbocycles. The average Bonchev–Trinajstić information content (AvgIpc) is 2.57. The molecule has 3 nitrogen and oxygen atoms in total. The normalized spacial score (nSPS) is 21.9. The summed E-state index contributed by atoms with van der Waals surface area (Å²) in [5.41, 5.74) is 1.77. The van der Waals surface area contributed by atoms with Gasteiger partial charge in [-0.15, -0.1) is 0 Å². The van der Waals surface area contributed by atoms with Gasteiger partial charge in [0.25, 0.3) is 0 Å². The van der Waals surface area contributed by atoms with Gasteiger partial charge in [0, 0.05) is 5.82 Å². The zero-order valence-electron chi connectivity index (χ0n) is 13.6. The van der Waals surface area contributed by atoms with Gasteiger partial charge in [-0.1, -0.05) is 19.1 Å². The maximum atomic E-state index is 6.12. The molecule has 4 heteroatoms. The Hall–Kier alpha value is -0.995. The van der Waals surface area contributed by atoms with Crippen molar-refractivity contribution in [1.82, 2.24) is 0 Å². The zero-order chi connectivity index (χ0) is 15.1. The summed E-state index contributed by atoms with van der Waals surface area (Å²) in [5, 5.41) is 0. The third-order valence-corrected chi connectivity index (χ3v) is 4.62. The predicted molar refractivity (Wildman–Crippen MR) is 82.2 cm³/mol. The molecule has 1 aromatic rings. The van der Waals surface area contributed by atoms with Crippen LogP contribution in [0.5, 0.6) is 5.75 Å². The van der Waals surface area contributed by atoms with Crippen LogP contribution >= 0.6 is 0 Å². The highest BCUT2D eigenvalue weighted by molar-refractivity contribution is 6.47. The molecule has 0 amide bonds. The van der Waals surface area contributed by atoms with Crippen molar-refractivity contribution in [3.05, 3.63) is 29.3 Å². The summed E-state index contributed by atoms with van der Waals surface area (Å²) in [4.78, 5) is 0. The van der Waals surface area contributed by atoms with Gasteiger partial charge in [-0.2, -0.15) is 0 Å². The van der Waals surface area contributed by atoms with Crippen LogP contribution in [-0.2, 0) is 9.31 Å². The first-order valence-electron chi connectivity index (χ1n) is 7.18. The first-order chi connectivity index (χ1) is 9.18. The van der Waals surface area contributed by atoms with E-state index in [1.54, 1.807) is 7.11 Å². The molecular formula is C16H25BO3. The van der Waals surface area contributed by atoms with E-state index < -0.39 is 0 Å². The lowest BCUT2D eigenvalue weighted by Gasteiger charge is -2.32. The minimum absolute atomic E-state index is 0.181. The second-order valence-corrected chi connectivity index (χ2v) is 6.64. The monoisotopic (exact) mass is 276 g/mol. The van der Waals surface area contributed by atoms with Crippen molar-refractivity contribution in [2.75, 3.05) is 7.11 Å². The lowest BCUT2D eigenvalue weighted by atomic mass is 9.69. The van der Waals surface area contributed by atoms with Gasteiger partial charge in [0.15, 0.2) is 0 Å². The van der Waals surface area contributed by atoms with Crippen LogP contribution in [0.15, 0.2) is 18.2 Å². The van der Waals surface area contributed by atoms with Gasteiger partial charge in [0.1, 0.15) is 5.75 Å². The fourth-order valence-corrected chi connectivity index (χ4v) is 2.43. The fraction of sp³-hybridized carbons (Fsp3) is 0.625. The van der Waals surface area contributed by atoms with Gasteiger partial charge in [-0.3, -0.25) is 0 Å². The molecule has 0 saturated carbocycles. The van der Waals surface area contributed by atoms with Crippen LogP contribution in [0.3, 0.4) is 0 Å². The summed E-state index contributed by atoms with van der Waals surface area (Å²) >= 11 is 0. The molecule has 2 rings (SSSR count). The first kappa shape index (κ1) is 15.4. The summed E-state index contributed by atoms with van der Waals surface area (Å²) in [6, 6.07) is 6.24. The van der Waals surface area contributed by atoms with E-state index in [0.717, 1.165) is 11.3 Å². The van der Waals surface area contributed by atoms with Crippen LogP contribution in [0.1, 0.15) is 51.6 Å². The van der Waals surface area contributed by atoms with Crippen molar-refractivity contribution in [1.29, 1.82) is 0 Å². The third-order valence-electron chi connectivity index (χ3n) is 4.62. The lowest BCUT2D eigenvalue weighted by Crippen LogP contribution is -2.41. The molecule has 1 heterocycles. The van der Waals surface area contributed by atoms with E-state index in [-0.39, 0.29) is 24.1 Å². The van der Waals surface area contributed by atoms with Gasteiger partial charge in [-0.25, -0.2) is 0 Å². The minimum atomic E-state index is -0.284. The van der Waals surface area contributed by atoms with E-state index in [0.29, 0.717) is 0 Å². The number of aryl methyl sites for hydroxylation is 1. The molecule has 1 aliphatic heterocycles. The predicted octanol–water partition coefficient (Wildman–Crippen LogP) is 3.74. The minimum Gasteiger partial charge on any atom is -0.496 e. The summed E-state index contributed by atoms with van der Waals surface area (Å²) in [6.45, 7) is 12.5. The molecule has 1 fully saturated rings. The van der Waals surface area contributed by atoms with Crippen LogP contribution in [0.2, 0.25) is 0 Å². The van der Waals surface area contributed by atoms with Crippen molar-refractivity contribution in [3.63, 3.8) is 0 Å². The quantitative estimate of drug-likeness (QED) is 0.787. The number of ether oxygens (including phenoxy) is 1. The summed E-state index contributed by atoms with van der Waals surface area (Å²) in [5.74, 6) is 1.09. The highest BCUT2D eigenvalue weighted by atomic mass is 16.7. The first-order valence-corrected chi connectivity index (χ1v) is 7.18. The zero-order valence-corrected chi connectivity index (χ0v) is 13.6. The molecule has 0 bridgehead atoms. The molecule has 0 radical (unpaired) electrons. The number of hydrogen-bond acceptors (Lipinski definition) is 3. The second kappa shape index (κ2) is 5.08. The fourth-order valence-electron chi connectivity index (χ4n) is 2.43. The second-order valence-electron chi connectivity index (χ2n) is 6.64. The molecule has 0 spiro atoms. The van der Waals surface area contributed by atoms with E-state index in [1.165, 1.54) is 5.56 Å². The van der Waals surface area contributed by atoms with E-state index in [9.17, 15) is 0 Å².